The number of rotatable bonds is 7. The van der Waals surface area contributed by atoms with Crippen LogP contribution < -0.4 is 0 Å². The zero-order chi connectivity index (χ0) is 20.1. The summed E-state index contributed by atoms with van der Waals surface area (Å²) in [6, 6.07) is 9.57. The van der Waals surface area contributed by atoms with Crippen molar-refractivity contribution in [1.82, 2.24) is 0 Å². The number of allylic oxidation sites excluding steroid dienone is 1. The fourth-order valence-corrected chi connectivity index (χ4v) is 6.84. The Bertz CT molecular complexity index is 624. The first-order chi connectivity index (χ1) is 14.3. The second kappa shape index (κ2) is 10.3. The summed E-state index contributed by atoms with van der Waals surface area (Å²) in [7, 11) is 0. The summed E-state index contributed by atoms with van der Waals surface area (Å²) in [4.78, 5) is 0. The molecule has 0 N–H and O–H groups in total. The fraction of sp³-hybridized carbons (Fsp3) is 0.714. The van der Waals surface area contributed by atoms with E-state index in [-0.39, 0.29) is 0 Å². The number of aryl methyl sites for hydroxylation is 1. The highest BCUT2D eigenvalue weighted by Crippen LogP contribution is 2.50. The van der Waals surface area contributed by atoms with Gasteiger partial charge in [-0.3, -0.25) is 0 Å². The molecule has 0 heterocycles. The maximum atomic E-state index is 5.88. The van der Waals surface area contributed by atoms with Crippen molar-refractivity contribution in [2.45, 2.75) is 96.0 Å². The molecule has 0 spiro atoms. The van der Waals surface area contributed by atoms with Gasteiger partial charge in [-0.05, 0) is 125 Å². The maximum Gasteiger partial charge on any atom is 0.0575 e. The van der Waals surface area contributed by atoms with Crippen molar-refractivity contribution >= 4 is 0 Å². The summed E-state index contributed by atoms with van der Waals surface area (Å²) < 4.78 is 5.88. The van der Waals surface area contributed by atoms with Crippen LogP contribution in [0.25, 0.3) is 0 Å². The van der Waals surface area contributed by atoms with Gasteiger partial charge in [0.2, 0.25) is 0 Å². The molecule has 0 bridgehead atoms. The highest BCUT2D eigenvalue weighted by molar-refractivity contribution is 5.26. The van der Waals surface area contributed by atoms with Crippen molar-refractivity contribution in [2.75, 3.05) is 6.61 Å². The van der Waals surface area contributed by atoms with Gasteiger partial charge in [0.15, 0.2) is 0 Å². The molecule has 3 fully saturated rings. The van der Waals surface area contributed by atoms with Gasteiger partial charge >= 0.3 is 0 Å². The lowest BCUT2D eigenvalue weighted by Crippen LogP contribution is -2.35. The van der Waals surface area contributed by atoms with Crippen LogP contribution in [0.2, 0.25) is 0 Å². The number of hydrogen-bond donors (Lipinski definition) is 0. The first kappa shape index (κ1) is 21.2. The first-order valence-electron chi connectivity index (χ1n) is 12.6. The second-order valence-electron chi connectivity index (χ2n) is 10.2. The van der Waals surface area contributed by atoms with E-state index in [1.54, 1.807) is 5.56 Å². The molecule has 3 saturated carbocycles. The molecule has 0 amide bonds. The molecule has 0 aromatic heterocycles. The van der Waals surface area contributed by atoms with E-state index in [1.165, 1.54) is 69.8 Å². The fourth-order valence-electron chi connectivity index (χ4n) is 6.84. The molecule has 0 aliphatic heterocycles. The maximum absolute atomic E-state index is 5.88. The number of ether oxygens (including phenoxy) is 1. The highest BCUT2D eigenvalue weighted by Gasteiger charge is 2.39. The van der Waals surface area contributed by atoms with Crippen LogP contribution in [0, 0.1) is 23.7 Å². The Morgan fingerprint density at radius 1 is 0.828 bits per heavy atom. The average Bonchev–Trinajstić information content (AvgIpc) is 2.78. The van der Waals surface area contributed by atoms with Crippen LogP contribution in [0.4, 0.5) is 0 Å². The van der Waals surface area contributed by atoms with Gasteiger partial charge in [0, 0.05) is 6.61 Å². The third-order valence-electron chi connectivity index (χ3n) is 8.53. The Morgan fingerprint density at radius 2 is 1.45 bits per heavy atom. The third kappa shape index (κ3) is 5.35. The Balaban J connectivity index is 1.27. The van der Waals surface area contributed by atoms with Crippen molar-refractivity contribution in [3.8, 4) is 0 Å². The van der Waals surface area contributed by atoms with Crippen molar-refractivity contribution in [3.63, 3.8) is 0 Å². The van der Waals surface area contributed by atoms with Crippen molar-refractivity contribution in [2.24, 2.45) is 23.7 Å². The third-order valence-corrected chi connectivity index (χ3v) is 8.53. The predicted molar refractivity (Wildman–Crippen MR) is 123 cm³/mol. The van der Waals surface area contributed by atoms with E-state index in [0.29, 0.717) is 6.10 Å². The molecule has 4 atom stereocenters. The molecule has 4 rings (SSSR count). The highest BCUT2D eigenvalue weighted by atomic mass is 16.5. The van der Waals surface area contributed by atoms with E-state index < -0.39 is 0 Å². The lowest BCUT2D eigenvalue weighted by molar-refractivity contribution is 0.00583. The molecule has 0 saturated heterocycles. The minimum absolute atomic E-state index is 0.561. The van der Waals surface area contributed by atoms with Crippen molar-refractivity contribution in [3.05, 3.63) is 48.0 Å². The predicted octanol–water partition coefficient (Wildman–Crippen LogP) is 7.70. The minimum atomic E-state index is 0.561. The molecule has 29 heavy (non-hydrogen) atoms. The van der Waals surface area contributed by atoms with E-state index in [0.717, 1.165) is 49.0 Å². The molecule has 0 radical (unpaired) electrons. The smallest absolute Gasteiger partial charge is 0.0575 e. The number of benzene rings is 1. The summed E-state index contributed by atoms with van der Waals surface area (Å²) in [6.45, 7) is 6.88. The molecule has 3 aliphatic rings. The second-order valence-corrected chi connectivity index (χ2v) is 10.2. The van der Waals surface area contributed by atoms with Gasteiger partial charge in [-0.1, -0.05) is 30.3 Å². The van der Waals surface area contributed by atoms with E-state index in [4.69, 9.17) is 4.74 Å². The number of hydrogen-bond acceptors (Lipinski definition) is 1. The van der Waals surface area contributed by atoms with Crippen LogP contribution >= 0.6 is 0 Å². The lowest BCUT2D eigenvalue weighted by Gasteiger charge is -2.45. The summed E-state index contributed by atoms with van der Waals surface area (Å²) in [5.74, 6) is 4.82. The van der Waals surface area contributed by atoms with Gasteiger partial charge in [0.25, 0.3) is 0 Å². The minimum Gasteiger partial charge on any atom is -0.379 e. The largest absolute Gasteiger partial charge is 0.379 e. The summed E-state index contributed by atoms with van der Waals surface area (Å²) in [5.41, 5.74) is 3.06. The van der Waals surface area contributed by atoms with Crippen LogP contribution in [0.5, 0.6) is 0 Å². The quantitative estimate of drug-likeness (QED) is 0.430. The Labute approximate surface area is 179 Å². The van der Waals surface area contributed by atoms with E-state index in [1.807, 2.05) is 6.08 Å². The Morgan fingerprint density at radius 3 is 2.14 bits per heavy atom. The van der Waals surface area contributed by atoms with E-state index in [2.05, 4.69) is 37.8 Å². The molecule has 1 aromatic rings. The van der Waals surface area contributed by atoms with Crippen LogP contribution in [0.3, 0.4) is 0 Å². The molecular formula is C28H42O. The SMILES string of the molecule is C=CCCc1ccc(C2CCC3CC(C4CCC(OCC)CC4)CCC3C2)cc1. The van der Waals surface area contributed by atoms with Crippen LogP contribution in [0.15, 0.2) is 36.9 Å². The van der Waals surface area contributed by atoms with Crippen LogP contribution in [-0.4, -0.2) is 12.7 Å². The van der Waals surface area contributed by atoms with E-state index >= 15 is 0 Å². The summed E-state index contributed by atoms with van der Waals surface area (Å²) in [5, 5.41) is 0. The molecule has 160 valence electrons. The monoisotopic (exact) mass is 394 g/mol. The van der Waals surface area contributed by atoms with Gasteiger partial charge in [-0.15, -0.1) is 6.58 Å². The molecule has 1 heteroatoms. The van der Waals surface area contributed by atoms with Gasteiger partial charge in [-0.25, -0.2) is 0 Å². The van der Waals surface area contributed by atoms with Gasteiger partial charge in [0.05, 0.1) is 6.10 Å². The van der Waals surface area contributed by atoms with Gasteiger partial charge in [0.1, 0.15) is 0 Å². The summed E-state index contributed by atoms with van der Waals surface area (Å²) >= 11 is 0. The van der Waals surface area contributed by atoms with Crippen LogP contribution in [0.1, 0.15) is 94.6 Å². The topological polar surface area (TPSA) is 9.23 Å². The summed E-state index contributed by atoms with van der Waals surface area (Å²) in [6.07, 6.45) is 19.1. The van der Waals surface area contributed by atoms with Gasteiger partial charge in [-0.2, -0.15) is 0 Å². The molecule has 1 aromatic carbocycles. The van der Waals surface area contributed by atoms with Crippen LogP contribution in [-0.2, 0) is 11.2 Å². The lowest BCUT2D eigenvalue weighted by atomic mass is 9.60. The van der Waals surface area contributed by atoms with E-state index in [9.17, 15) is 0 Å². The Hall–Kier alpha value is -1.08. The van der Waals surface area contributed by atoms with Crippen molar-refractivity contribution in [1.29, 1.82) is 0 Å². The number of fused-ring (bicyclic) bond motifs is 1. The van der Waals surface area contributed by atoms with Crippen molar-refractivity contribution < 1.29 is 4.74 Å². The molecule has 1 nitrogen and oxygen atoms in total. The molecule has 3 aliphatic carbocycles. The molecular weight excluding hydrogens is 352 g/mol. The standard InChI is InChI=1S/C28H42O/c1-3-5-6-21-7-9-22(10-8-21)24-11-13-27-20-25(12-14-26(27)19-24)23-15-17-28(18-16-23)29-4-2/h3,7-10,23-28H,1,4-6,11-20H2,2H3. The average molecular weight is 395 g/mol. The van der Waals surface area contributed by atoms with Gasteiger partial charge < -0.3 is 4.74 Å². The zero-order valence-electron chi connectivity index (χ0n) is 18.7. The normalized spacial score (nSPS) is 35.1. The Kier molecular flexibility index (Phi) is 7.51. The zero-order valence-corrected chi connectivity index (χ0v) is 18.7. The molecule has 4 unspecified atom stereocenters. The first-order valence-corrected chi connectivity index (χ1v) is 12.6.